The van der Waals surface area contributed by atoms with Gasteiger partial charge in [-0.15, -0.1) is 0 Å². The molecule has 2 nitrogen and oxygen atoms in total. The first kappa shape index (κ1) is 7.73. The number of hydrogen-bond acceptors (Lipinski definition) is 2. The molecule has 0 aromatic rings. The maximum atomic E-state index is 11.1. The summed E-state index contributed by atoms with van der Waals surface area (Å²) in [5.41, 5.74) is 0. The Morgan fingerprint density at radius 1 is 1.60 bits per heavy atom. The second kappa shape index (κ2) is 3.15. The first-order valence-corrected chi connectivity index (χ1v) is 3.81. The van der Waals surface area contributed by atoms with Crippen molar-refractivity contribution in [3.8, 4) is 0 Å². The molecule has 1 saturated carbocycles. The minimum atomic E-state index is 0.124. The van der Waals surface area contributed by atoms with Crippen LogP contribution in [0.5, 0.6) is 0 Å². The Hall–Kier alpha value is -0.370. The molecule has 2 heteroatoms. The van der Waals surface area contributed by atoms with Gasteiger partial charge in [0.25, 0.3) is 0 Å². The van der Waals surface area contributed by atoms with Gasteiger partial charge >= 0.3 is 0 Å². The molecule has 1 aliphatic carbocycles. The second-order valence-corrected chi connectivity index (χ2v) is 2.92. The average molecular weight is 142 g/mol. The van der Waals surface area contributed by atoms with E-state index in [0.29, 0.717) is 5.78 Å². The zero-order chi connectivity index (χ0) is 7.56. The number of carbonyl (C=O) groups is 1. The first-order valence-electron chi connectivity index (χ1n) is 3.81. The van der Waals surface area contributed by atoms with E-state index in [-0.39, 0.29) is 12.0 Å². The molecule has 58 valence electrons. The fourth-order valence-electron chi connectivity index (χ4n) is 1.48. The highest BCUT2D eigenvalue weighted by Crippen LogP contribution is 2.22. The lowest BCUT2D eigenvalue weighted by Gasteiger charge is -2.25. The molecule has 0 saturated heterocycles. The summed E-state index contributed by atoms with van der Waals surface area (Å²) in [5, 5.41) is 0. The number of rotatable bonds is 1. The number of hydrogen-bond donors (Lipinski definition) is 0. The maximum Gasteiger partial charge on any atom is 0.138 e. The summed E-state index contributed by atoms with van der Waals surface area (Å²) in [6, 6.07) is 0. The van der Waals surface area contributed by atoms with E-state index in [2.05, 4.69) is 0 Å². The van der Waals surface area contributed by atoms with Gasteiger partial charge in [-0.05, 0) is 12.8 Å². The Morgan fingerprint density at radius 3 is 2.80 bits per heavy atom. The van der Waals surface area contributed by atoms with E-state index in [9.17, 15) is 4.79 Å². The van der Waals surface area contributed by atoms with Gasteiger partial charge in [-0.2, -0.15) is 0 Å². The average Bonchev–Trinajstić information content (AvgIpc) is 1.95. The van der Waals surface area contributed by atoms with Crippen LogP contribution in [-0.2, 0) is 9.53 Å². The minimum absolute atomic E-state index is 0.124. The van der Waals surface area contributed by atoms with E-state index in [1.54, 1.807) is 7.11 Å². The fraction of sp³-hybridized carbons (Fsp3) is 0.875. The summed E-state index contributed by atoms with van der Waals surface area (Å²) in [6.07, 6.45) is 2.98. The molecular formula is C8H14O2. The topological polar surface area (TPSA) is 26.3 Å². The van der Waals surface area contributed by atoms with Crippen LogP contribution in [0.1, 0.15) is 26.2 Å². The van der Waals surface area contributed by atoms with Gasteiger partial charge in [0.2, 0.25) is 0 Å². The molecular weight excluding hydrogens is 128 g/mol. The van der Waals surface area contributed by atoms with Crippen LogP contribution in [0.3, 0.4) is 0 Å². The number of ether oxygens (including phenoxy) is 1. The molecule has 0 amide bonds. The van der Waals surface area contributed by atoms with Gasteiger partial charge in [-0.3, -0.25) is 4.79 Å². The number of methoxy groups -OCH3 is 1. The van der Waals surface area contributed by atoms with Gasteiger partial charge in [-0.1, -0.05) is 6.92 Å². The largest absolute Gasteiger partial charge is 0.381 e. The Kier molecular flexibility index (Phi) is 2.44. The number of ketones is 1. The van der Waals surface area contributed by atoms with Crippen LogP contribution in [0.15, 0.2) is 0 Å². The molecule has 1 fully saturated rings. The van der Waals surface area contributed by atoms with E-state index in [4.69, 9.17) is 4.74 Å². The molecule has 0 heterocycles. The number of Topliss-reactive ketones (excluding diaryl/α,β-unsaturated/α-hetero) is 1. The highest BCUT2D eigenvalue weighted by Gasteiger charge is 2.27. The standard InChI is InChI=1S/C8H14O2/c1-6-7(9)4-3-5-8(6)10-2/h6,8H,3-5H2,1-2H3. The van der Waals surface area contributed by atoms with Gasteiger partial charge in [0.05, 0.1) is 6.10 Å². The summed E-state index contributed by atoms with van der Waals surface area (Å²) in [6.45, 7) is 1.95. The Balaban J connectivity index is 2.51. The molecule has 1 aliphatic rings. The molecule has 0 radical (unpaired) electrons. The van der Waals surface area contributed by atoms with Crippen molar-refractivity contribution < 1.29 is 9.53 Å². The molecule has 0 aliphatic heterocycles. The summed E-state index contributed by atoms with van der Waals surface area (Å²) < 4.78 is 5.15. The minimum Gasteiger partial charge on any atom is -0.381 e. The quantitative estimate of drug-likeness (QED) is 0.553. The number of carbonyl (C=O) groups excluding carboxylic acids is 1. The molecule has 0 aromatic carbocycles. The zero-order valence-corrected chi connectivity index (χ0v) is 6.59. The van der Waals surface area contributed by atoms with E-state index < -0.39 is 0 Å². The third-order valence-corrected chi connectivity index (χ3v) is 2.28. The molecule has 0 bridgehead atoms. The van der Waals surface area contributed by atoms with E-state index in [0.717, 1.165) is 19.3 Å². The molecule has 0 N–H and O–H groups in total. The van der Waals surface area contributed by atoms with E-state index >= 15 is 0 Å². The van der Waals surface area contributed by atoms with Crippen molar-refractivity contribution in [3.63, 3.8) is 0 Å². The van der Waals surface area contributed by atoms with Gasteiger partial charge in [-0.25, -0.2) is 0 Å². The first-order chi connectivity index (χ1) is 4.75. The lowest BCUT2D eigenvalue weighted by molar-refractivity contribution is -0.129. The Labute approximate surface area is 61.6 Å². The van der Waals surface area contributed by atoms with Gasteiger partial charge in [0.1, 0.15) is 5.78 Å². The predicted molar refractivity (Wildman–Crippen MR) is 38.8 cm³/mol. The van der Waals surface area contributed by atoms with Crippen molar-refractivity contribution in [2.24, 2.45) is 5.92 Å². The monoisotopic (exact) mass is 142 g/mol. The second-order valence-electron chi connectivity index (χ2n) is 2.92. The molecule has 1 rings (SSSR count). The lowest BCUT2D eigenvalue weighted by Crippen LogP contribution is -2.31. The van der Waals surface area contributed by atoms with Crippen molar-refractivity contribution in [2.45, 2.75) is 32.3 Å². The lowest BCUT2D eigenvalue weighted by atomic mass is 9.87. The van der Waals surface area contributed by atoms with Crippen molar-refractivity contribution in [2.75, 3.05) is 7.11 Å². The van der Waals surface area contributed by atoms with Crippen molar-refractivity contribution >= 4 is 5.78 Å². The third-order valence-electron chi connectivity index (χ3n) is 2.28. The Bertz CT molecular complexity index is 131. The van der Waals surface area contributed by atoms with Crippen molar-refractivity contribution in [1.82, 2.24) is 0 Å². The van der Waals surface area contributed by atoms with Crippen molar-refractivity contribution in [3.05, 3.63) is 0 Å². The van der Waals surface area contributed by atoms with Crippen LogP contribution in [0.4, 0.5) is 0 Å². The smallest absolute Gasteiger partial charge is 0.138 e. The van der Waals surface area contributed by atoms with Crippen LogP contribution in [-0.4, -0.2) is 19.0 Å². The molecule has 0 aromatic heterocycles. The fourth-order valence-corrected chi connectivity index (χ4v) is 1.48. The highest BCUT2D eigenvalue weighted by atomic mass is 16.5. The SMILES string of the molecule is COC1CCCC(=O)C1C. The zero-order valence-electron chi connectivity index (χ0n) is 6.59. The molecule has 0 spiro atoms. The predicted octanol–water partition coefficient (Wildman–Crippen LogP) is 1.39. The van der Waals surface area contributed by atoms with Gasteiger partial charge < -0.3 is 4.74 Å². The van der Waals surface area contributed by atoms with Crippen LogP contribution in [0.25, 0.3) is 0 Å². The normalized spacial score (nSPS) is 34.4. The molecule has 10 heavy (non-hydrogen) atoms. The van der Waals surface area contributed by atoms with Crippen LogP contribution in [0.2, 0.25) is 0 Å². The van der Waals surface area contributed by atoms with Crippen LogP contribution in [0, 0.1) is 5.92 Å². The van der Waals surface area contributed by atoms with E-state index in [1.165, 1.54) is 0 Å². The van der Waals surface area contributed by atoms with E-state index in [1.807, 2.05) is 6.92 Å². The Morgan fingerprint density at radius 2 is 2.30 bits per heavy atom. The summed E-state index contributed by atoms with van der Waals surface area (Å²) >= 11 is 0. The maximum absolute atomic E-state index is 11.1. The van der Waals surface area contributed by atoms with Gasteiger partial charge in [0.15, 0.2) is 0 Å². The van der Waals surface area contributed by atoms with Gasteiger partial charge in [0, 0.05) is 19.4 Å². The van der Waals surface area contributed by atoms with Crippen LogP contribution >= 0.6 is 0 Å². The summed E-state index contributed by atoms with van der Waals surface area (Å²) in [4.78, 5) is 11.1. The summed E-state index contributed by atoms with van der Waals surface area (Å²) in [7, 11) is 1.68. The molecule has 2 atom stereocenters. The van der Waals surface area contributed by atoms with Crippen LogP contribution < -0.4 is 0 Å². The third kappa shape index (κ3) is 1.37. The molecule has 2 unspecified atom stereocenters. The highest BCUT2D eigenvalue weighted by molar-refractivity contribution is 5.81. The summed E-state index contributed by atoms with van der Waals surface area (Å²) in [5.74, 6) is 0.483. The van der Waals surface area contributed by atoms with Crippen molar-refractivity contribution in [1.29, 1.82) is 0 Å².